The van der Waals surface area contributed by atoms with Gasteiger partial charge in [0.2, 0.25) is 0 Å². The van der Waals surface area contributed by atoms with E-state index in [1.807, 2.05) is 0 Å². The molecule has 0 bridgehead atoms. The van der Waals surface area contributed by atoms with Gasteiger partial charge in [-0.15, -0.1) is 0 Å². The van der Waals surface area contributed by atoms with Crippen molar-refractivity contribution < 1.29 is 76.9 Å². The molecular formula is C43H82O16P2. The summed E-state index contributed by atoms with van der Waals surface area (Å²) in [4.78, 5) is 54.2. The zero-order chi connectivity index (χ0) is 45.4. The molecule has 0 aromatic heterocycles. The summed E-state index contributed by atoms with van der Waals surface area (Å²) in [6.07, 6.45) is 18.9. The van der Waals surface area contributed by atoms with Crippen molar-refractivity contribution in [2.24, 2.45) is 0 Å². The van der Waals surface area contributed by atoms with Crippen LogP contribution in [0.4, 0.5) is 0 Å². The van der Waals surface area contributed by atoms with Gasteiger partial charge in [-0.3, -0.25) is 23.2 Å². The normalized spacial score (nSPS) is 22.3. The highest BCUT2D eigenvalue weighted by atomic mass is 31.2. The van der Waals surface area contributed by atoms with Crippen LogP contribution in [0, 0.1) is 0 Å². The van der Waals surface area contributed by atoms with Crippen LogP contribution in [0.25, 0.3) is 0 Å². The molecule has 1 rings (SSSR count). The molecule has 0 heterocycles. The fourth-order valence-electron chi connectivity index (χ4n) is 7.20. The monoisotopic (exact) mass is 917 g/mol. The third kappa shape index (κ3) is 29.7. The Labute approximate surface area is 365 Å². The van der Waals surface area contributed by atoms with Crippen molar-refractivity contribution in [3.63, 3.8) is 0 Å². The maximum absolute atomic E-state index is 13.0. The second-order valence-corrected chi connectivity index (χ2v) is 19.1. The lowest BCUT2D eigenvalue weighted by Gasteiger charge is -2.43. The number of hydrogen-bond donors (Lipinski definition) is 7. The van der Waals surface area contributed by atoms with E-state index in [1.165, 1.54) is 77.0 Å². The summed E-state index contributed by atoms with van der Waals surface area (Å²) in [5, 5.41) is 41.2. The Morgan fingerprint density at radius 2 is 0.902 bits per heavy atom. The number of rotatable bonds is 39. The number of phosphoric acid groups is 2. The largest absolute Gasteiger partial charge is 0.472 e. The highest BCUT2D eigenvalue weighted by molar-refractivity contribution is 7.47. The molecule has 16 nitrogen and oxygen atoms in total. The minimum absolute atomic E-state index is 0.0486. The lowest BCUT2D eigenvalue weighted by atomic mass is 9.85. The van der Waals surface area contributed by atoms with Gasteiger partial charge in [0.15, 0.2) is 6.10 Å². The molecule has 1 saturated carbocycles. The summed E-state index contributed by atoms with van der Waals surface area (Å²) >= 11 is 0. The van der Waals surface area contributed by atoms with Crippen molar-refractivity contribution in [1.82, 2.24) is 0 Å². The SMILES string of the molecule is CCCCCCC=CCCCCCCCCCC(=O)OCC(COP(=O)(O)OC1C(O)C(O)C(O)C(OP(=O)(O)O)C1O)OC(=O)CCCCCCCCCCCCCCC. The van der Waals surface area contributed by atoms with E-state index in [0.29, 0.717) is 12.8 Å². The van der Waals surface area contributed by atoms with Crippen LogP contribution in [0.1, 0.15) is 194 Å². The number of unbranched alkanes of at least 4 members (excludes halogenated alkanes) is 23. The first-order chi connectivity index (χ1) is 29.1. The van der Waals surface area contributed by atoms with Gasteiger partial charge in [0.05, 0.1) is 6.61 Å². The van der Waals surface area contributed by atoms with E-state index in [0.717, 1.165) is 77.0 Å². The summed E-state index contributed by atoms with van der Waals surface area (Å²) in [5.74, 6) is -1.20. The Kier molecular flexibility index (Phi) is 33.2. The number of esters is 2. The van der Waals surface area contributed by atoms with Gasteiger partial charge < -0.3 is 44.6 Å². The summed E-state index contributed by atoms with van der Waals surface area (Å²) in [5.41, 5.74) is 0. The molecule has 1 fully saturated rings. The third-order valence-corrected chi connectivity index (χ3v) is 12.3. The van der Waals surface area contributed by atoms with Gasteiger partial charge >= 0.3 is 27.6 Å². The first kappa shape index (κ1) is 57.8. The molecule has 0 amide bonds. The van der Waals surface area contributed by atoms with Crippen LogP contribution in [0.3, 0.4) is 0 Å². The molecule has 0 aromatic rings. The van der Waals surface area contributed by atoms with Crippen molar-refractivity contribution in [2.75, 3.05) is 13.2 Å². The number of hydrogen-bond acceptors (Lipinski definition) is 13. The maximum atomic E-state index is 13.0. The van der Waals surface area contributed by atoms with E-state index < -0.39 is 83.5 Å². The van der Waals surface area contributed by atoms with Crippen LogP contribution in [-0.4, -0.2) is 103 Å². The van der Waals surface area contributed by atoms with Crippen molar-refractivity contribution in [2.45, 2.75) is 236 Å². The quantitative estimate of drug-likeness (QED) is 0.0132. The second kappa shape index (κ2) is 35.1. The number of carbonyl (C=O) groups excluding carboxylic acids is 2. The van der Waals surface area contributed by atoms with Crippen molar-refractivity contribution in [3.05, 3.63) is 12.2 Å². The Bertz CT molecular complexity index is 1250. The van der Waals surface area contributed by atoms with Crippen molar-refractivity contribution >= 4 is 27.6 Å². The van der Waals surface area contributed by atoms with Gasteiger partial charge in [0, 0.05) is 12.8 Å². The average Bonchev–Trinajstić information content (AvgIpc) is 3.21. The summed E-state index contributed by atoms with van der Waals surface area (Å²) in [6.45, 7) is 3.09. The molecule has 1 aliphatic carbocycles. The predicted octanol–water partition coefficient (Wildman–Crippen LogP) is 8.40. The molecule has 0 saturated heterocycles. The zero-order valence-electron chi connectivity index (χ0n) is 37.1. The lowest BCUT2D eigenvalue weighted by molar-refractivity contribution is -0.216. The summed E-state index contributed by atoms with van der Waals surface area (Å²) < 4.78 is 49.3. The molecule has 18 heteroatoms. The molecular weight excluding hydrogens is 834 g/mol. The maximum Gasteiger partial charge on any atom is 0.472 e. The smallest absolute Gasteiger partial charge is 0.462 e. The van der Waals surface area contributed by atoms with Gasteiger partial charge in [-0.1, -0.05) is 154 Å². The molecule has 8 unspecified atom stereocenters. The second-order valence-electron chi connectivity index (χ2n) is 16.5. The standard InChI is InChI=1S/C43H82O16P2/c1-3-5-7-9-11-13-15-17-18-20-21-23-25-27-29-31-36(44)55-33-35(57-37(45)32-30-28-26-24-22-19-16-14-12-10-8-6-4-2)34-56-61(53,54)59-43-40(48)38(46)39(47)42(41(43)49)58-60(50,51)52/h13,15,35,38-43,46-49H,3-12,14,16-34H2,1-2H3,(H,53,54)(H2,50,51,52). The molecule has 0 radical (unpaired) electrons. The first-order valence-electron chi connectivity index (χ1n) is 23.2. The van der Waals surface area contributed by atoms with Crippen LogP contribution in [0.5, 0.6) is 0 Å². The highest BCUT2D eigenvalue weighted by Gasteiger charge is 2.54. The van der Waals surface area contributed by atoms with Gasteiger partial charge in [-0.05, 0) is 38.5 Å². The fraction of sp³-hybridized carbons (Fsp3) is 0.907. The molecule has 0 spiro atoms. The van der Waals surface area contributed by atoms with E-state index in [4.69, 9.17) is 28.3 Å². The van der Waals surface area contributed by atoms with E-state index in [9.17, 15) is 44.0 Å². The van der Waals surface area contributed by atoms with Crippen LogP contribution in [0.2, 0.25) is 0 Å². The Morgan fingerprint density at radius 3 is 1.36 bits per heavy atom. The first-order valence-corrected chi connectivity index (χ1v) is 26.3. The number of ether oxygens (including phenoxy) is 2. The van der Waals surface area contributed by atoms with Crippen molar-refractivity contribution in [1.29, 1.82) is 0 Å². The predicted molar refractivity (Wildman–Crippen MR) is 232 cm³/mol. The molecule has 360 valence electrons. The summed E-state index contributed by atoms with van der Waals surface area (Å²) in [6, 6.07) is 0. The number of aliphatic hydroxyl groups is 4. The lowest BCUT2D eigenvalue weighted by Crippen LogP contribution is -2.64. The van der Waals surface area contributed by atoms with Gasteiger partial charge in [0.25, 0.3) is 0 Å². The molecule has 7 N–H and O–H groups in total. The van der Waals surface area contributed by atoms with Crippen molar-refractivity contribution in [3.8, 4) is 0 Å². The number of phosphoric ester groups is 2. The molecule has 8 atom stereocenters. The number of carbonyl (C=O) groups is 2. The molecule has 61 heavy (non-hydrogen) atoms. The summed E-state index contributed by atoms with van der Waals surface area (Å²) in [7, 11) is -10.7. The van der Waals surface area contributed by atoms with Crippen LogP contribution >= 0.6 is 15.6 Å². The Balaban J connectivity index is 2.60. The van der Waals surface area contributed by atoms with Crippen LogP contribution in [0.15, 0.2) is 12.2 Å². The van der Waals surface area contributed by atoms with E-state index in [2.05, 4.69) is 30.5 Å². The zero-order valence-corrected chi connectivity index (χ0v) is 38.9. The van der Waals surface area contributed by atoms with Crippen LogP contribution < -0.4 is 0 Å². The number of allylic oxidation sites excluding steroid dienone is 2. The number of aliphatic hydroxyl groups excluding tert-OH is 4. The minimum atomic E-state index is -5.36. The van der Waals surface area contributed by atoms with Gasteiger partial charge in [-0.2, -0.15) is 0 Å². The highest BCUT2D eigenvalue weighted by Crippen LogP contribution is 2.49. The third-order valence-electron chi connectivity index (χ3n) is 10.8. The Hall–Kier alpha value is -1.26. The van der Waals surface area contributed by atoms with E-state index in [-0.39, 0.29) is 12.8 Å². The molecule has 0 aliphatic heterocycles. The topological polar surface area (TPSA) is 256 Å². The van der Waals surface area contributed by atoms with E-state index >= 15 is 0 Å². The van der Waals surface area contributed by atoms with Gasteiger partial charge in [0.1, 0.15) is 43.2 Å². The average molecular weight is 917 g/mol. The van der Waals surface area contributed by atoms with Crippen LogP contribution in [-0.2, 0) is 41.8 Å². The Morgan fingerprint density at radius 1 is 0.508 bits per heavy atom. The van der Waals surface area contributed by atoms with E-state index in [1.54, 1.807) is 0 Å². The molecule has 1 aliphatic rings. The molecule has 0 aromatic carbocycles. The fourth-order valence-corrected chi connectivity index (χ4v) is 8.74. The van der Waals surface area contributed by atoms with Gasteiger partial charge in [-0.25, -0.2) is 9.13 Å². The minimum Gasteiger partial charge on any atom is -0.462 e.